The van der Waals surface area contributed by atoms with Gasteiger partial charge in [0.25, 0.3) is 0 Å². The highest BCUT2D eigenvalue weighted by molar-refractivity contribution is 5.79. The standard InChI is InChI=1S/C18H13FN4/c1-12-11-13(4-5-15(12)19)18-14(3-2-8-20-18)16-7-10-23-17(22-16)6-9-21-23/h2-11H,1H3. The van der Waals surface area contributed by atoms with Gasteiger partial charge in [0.2, 0.25) is 0 Å². The second-order valence-electron chi connectivity index (χ2n) is 5.31. The van der Waals surface area contributed by atoms with Crippen molar-refractivity contribution in [3.05, 3.63) is 72.4 Å². The Morgan fingerprint density at radius 2 is 1.96 bits per heavy atom. The molecule has 0 N–H and O–H groups in total. The van der Waals surface area contributed by atoms with E-state index in [9.17, 15) is 4.39 Å². The van der Waals surface area contributed by atoms with Crippen molar-refractivity contribution in [3.8, 4) is 22.5 Å². The van der Waals surface area contributed by atoms with Crippen LogP contribution in [0.5, 0.6) is 0 Å². The second-order valence-corrected chi connectivity index (χ2v) is 5.31. The summed E-state index contributed by atoms with van der Waals surface area (Å²) in [7, 11) is 0. The molecule has 4 rings (SSSR count). The van der Waals surface area contributed by atoms with Gasteiger partial charge in [-0.2, -0.15) is 5.10 Å². The molecule has 0 aliphatic rings. The van der Waals surface area contributed by atoms with Crippen molar-refractivity contribution in [2.45, 2.75) is 6.92 Å². The Morgan fingerprint density at radius 1 is 1.04 bits per heavy atom. The molecular weight excluding hydrogens is 291 g/mol. The molecule has 0 amide bonds. The summed E-state index contributed by atoms with van der Waals surface area (Å²) in [4.78, 5) is 9.10. The third-order valence-corrected chi connectivity index (χ3v) is 3.77. The molecule has 0 atom stereocenters. The zero-order chi connectivity index (χ0) is 15.8. The maximum Gasteiger partial charge on any atom is 0.155 e. The summed E-state index contributed by atoms with van der Waals surface area (Å²) in [6, 6.07) is 12.6. The number of aromatic nitrogens is 4. The lowest BCUT2D eigenvalue weighted by Crippen LogP contribution is -1.95. The largest absolute Gasteiger partial charge is 0.256 e. The number of nitrogens with zero attached hydrogens (tertiary/aromatic N) is 4. The normalized spacial score (nSPS) is 11.0. The van der Waals surface area contributed by atoms with Crippen LogP contribution < -0.4 is 0 Å². The lowest BCUT2D eigenvalue weighted by Gasteiger charge is -2.09. The second kappa shape index (κ2) is 5.28. The molecule has 0 radical (unpaired) electrons. The molecule has 0 fully saturated rings. The van der Waals surface area contributed by atoms with Gasteiger partial charge in [-0.05, 0) is 48.9 Å². The highest BCUT2D eigenvalue weighted by Gasteiger charge is 2.11. The van der Waals surface area contributed by atoms with E-state index < -0.39 is 0 Å². The van der Waals surface area contributed by atoms with Crippen molar-refractivity contribution in [2.24, 2.45) is 0 Å². The van der Waals surface area contributed by atoms with E-state index in [-0.39, 0.29) is 5.82 Å². The SMILES string of the molecule is Cc1cc(-c2ncccc2-c2ccn3nccc3n2)ccc1F. The van der Waals surface area contributed by atoms with Crippen molar-refractivity contribution in [2.75, 3.05) is 0 Å². The Bertz CT molecular complexity index is 1010. The summed E-state index contributed by atoms with van der Waals surface area (Å²) in [5.41, 5.74) is 4.73. The quantitative estimate of drug-likeness (QED) is 0.564. The van der Waals surface area contributed by atoms with Crippen LogP contribution in [0.3, 0.4) is 0 Å². The van der Waals surface area contributed by atoms with Gasteiger partial charge in [-0.15, -0.1) is 0 Å². The number of benzene rings is 1. The fourth-order valence-electron chi connectivity index (χ4n) is 2.60. The maximum atomic E-state index is 13.5. The number of hydrogen-bond acceptors (Lipinski definition) is 3. The van der Waals surface area contributed by atoms with Crippen LogP contribution in [0, 0.1) is 12.7 Å². The third-order valence-electron chi connectivity index (χ3n) is 3.77. The van der Waals surface area contributed by atoms with Crippen LogP contribution in [-0.4, -0.2) is 19.6 Å². The van der Waals surface area contributed by atoms with Gasteiger partial charge in [-0.3, -0.25) is 4.98 Å². The van der Waals surface area contributed by atoms with E-state index in [1.54, 1.807) is 36.0 Å². The zero-order valence-electron chi connectivity index (χ0n) is 12.4. The molecule has 3 aromatic heterocycles. The molecule has 23 heavy (non-hydrogen) atoms. The lowest BCUT2D eigenvalue weighted by atomic mass is 10.0. The van der Waals surface area contributed by atoms with Gasteiger partial charge in [0.05, 0.1) is 17.6 Å². The van der Waals surface area contributed by atoms with Crippen LogP contribution in [0.1, 0.15) is 5.56 Å². The number of aryl methyl sites for hydroxylation is 1. The van der Waals surface area contributed by atoms with Crippen LogP contribution in [0.2, 0.25) is 0 Å². The minimum absolute atomic E-state index is 0.218. The van der Waals surface area contributed by atoms with Crippen LogP contribution in [0.15, 0.2) is 61.1 Å². The van der Waals surface area contributed by atoms with Crippen molar-refractivity contribution >= 4 is 5.65 Å². The lowest BCUT2D eigenvalue weighted by molar-refractivity contribution is 0.619. The Morgan fingerprint density at radius 3 is 2.83 bits per heavy atom. The molecule has 0 saturated carbocycles. The van der Waals surface area contributed by atoms with E-state index in [1.807, 2.05) is 30.5 Å². The molecule has 0 aliphatic carbocycles. The molecule has 4 nitrogen and oxygen atoms in total. The Balaban J connectivity index is 1.90. The molecule has 0 spiro atoms. The van der Waals surface area contributed by atoms with E-state index in [0.717, 1.165) is 28.2 Å². The highest BCUT2D eigenvalue weighted by atomic mass is 19.1. The number of halogens is 1. The Labute approximate surface area is 132 Å². The van der Waals surface area contributed by atoms with Crippen LogP contribution in [-0.2, 0) is 0 Å². The molecule has 0 aliphatic heterocycles. The topological polar surface area (TPSA) is 43.1 Å². The molecule has 112 valence electrons. The van der Waals surface area contributed by atoms with Gasteiger partial charge in [0, 0.05) is 29.6 Å². The number of hydrogen-bond donors (Lipinski definition) is 0. The van der Waals surface area contributed by atoms with E-state index in [2.05, 4.69) is 15.1 Å². The van der Waals surface area contributed by atoms with Gasteiger partial charge in [-0.1, -0.05) is 0 Å². The predicted octanol–water partition coefficient (Wildman–Crippen LogP) is 3.91. The number of rotatable bonds is 2. The van der Waals surface area contributed by atoms with E-state index >= 15 is 0 Å². The summed E-state index contributed by atoms with van der Waals surface area (Å²) in [6.07, 6.45) is 5.30. The summed E-state index contributed by atoms with van der Waals surface area (Å²) in [5.74, 6) is -0.218. The van der Waals surface area contributed by atoms with Gasteiger partial charge >= 0.3 is 0 Å². The van der Waals surface area contributed by atoms with Gasteiger partial charge in [-0.25, -0.2) is 13.9 Å². The van der Waals surface area contributed by atoms with Crippen molar-refractivity contribution in [1.82, 2.24) is 19.6 Å². The summed E-state index contributed by atoms with van der Waals surface area (Å²) >= 11 is 0. The Hall–Kier alpha value is -3.08. The smallest absolute Gasteiger partial charge is 0.155 e. The first-order valence-electron chi connectivity index (χ1n) is 7.25. The molecule has 4 aromatic rings. The molecular formula is C18H13FN4. The fourth-order valence-corrected chi connectivity index (χ4v) is 2.60. The first kappa shape index (κ1) is 13.6. The molecule has 0 bridgehead atoms. The van der Waals surface area contributed by atoms with Gasteiger partial charge < -0.3 is 0 Å². The van der Waals surface area contributed by atoms with Crippen molar-refractivity contribution < 1.29 is 4.39 Å². The first-order chi connectivity index (χ1) is 11.2. The van der Waals surface area contributed by atoms with E-state index in [0.29, 0.717) is 5.56 Å². The zero-order valence-corrected chi connectivity index (χ0v) is 12.4. The van der Waals surface area contributed by atoms with Crippen LogP contribution in [0.25, 0.3) is 28.2 Å². The molecule has 3 heterocycles. The number of fused-ring (bicyclic) bond motifs is 1. The minimum atomic E-state index is -0.218. The predicted molar refractivity (Wildman–Crippen MR) is 86.3 cm³/mol. The van der Waals surface area contributed by atoms with Crippen molar-refractivity contribution in [3.63, 3.8) is 0 Å². The van der Waals surface area contributed by atoms with Gasteiger partial charge in [0.15, 0.2) is 5.65 Å². The molecule has 0 saturated heterocycles. The van der Waals surface area contributed by atoms with Gasteiger partial charge in [0.1, 0.15) is 5.82 Å². The van der Waals surface area contributed by atoms with Crippen molar-refractivity contribution in [1.29, 1.82) is 0 Å². The average molecular weight is 304 g/mol. The van der Waals surface area contributed by atoms with E-state index in [4.69, 9.17) is 0 Å². The maximum absolute atomic E-state index is 13.5. The third kappa shape index (κ3) is 2.36. The van der Waals surface area contributed by atoms with Crippen LogP contribution in [0.4, 0.5) is 4.39 Å². The van der Waals surface area contributed by atoms with Crippen LogP contribution >= 0.6 is 0 Å². The highest BCUT2D eigenvalue weighted by Crippen LogP contribution is 2.30. The monoisotopic (exact) mass is 304 g/mol. The minimum Gasteiger partial charge on any atom is -0.256 e. The number of pyridine rings is 1. The average Bonchev–Trinajstić information content (AvgIpc) is 3.05. The molecule has 1 aromatic carbocycles. The fraction of sp³-hybridized carbons (Fsp3) is 0.0556. The summed E-state index contributed by atoms with van der Waals surface area (Å²) in [6.45, 7) is 1.75. The molecule has 5 heteroatoms. The Kier molecular flexibility index (Phi) is 3.12. The summed E-state index contributed by atoms with van der Waals surface area (Å²) in [5, 5.41) is 4.15. The summed E-state index contributed by atoms with van der Waals surface area (Å²) < 4.78 is 15.2. The first-order valence-corrected chi connectivity index (χ1v) is 7.25. The van der Waals surface area contributed by atoms with E-state index in [1.165, 1.54) is 6.07 Å². The molecule has 0 unspecified atom stereocenters.